The fourth-order valence-electron chi connectivity index (χ4n) is 2.32. The first kappa shape index (κ1) is 18.1. The van der Waals surface area contributed by atoms with Crippen LogP contribution in [0.5, 0.6) is 0 Å². The molecule has 0 radical (unpaired) electrons. The lowest BCUT2D eigenvalue weighted by molar-refractivity contribution is 0.00637. The van der Waals surface area contributed by atoms with Crippen LogP contribution < -0.4 is 0 Å². The normalized spacial score (nSPS) is 16.4. The summed E-state index contributed by atoms with van der Waals surface area (Å²) in [5, 5.41) is 19.8. The number of sulfone groups is 1. The maximum absolute atomic E-state index is 11.9. The molecule has 0 fully saturated rings. The Bertz CT molecular complexity index is 539. The van der Waals surface area contributed by atoms with Crippen LogP contribution in [0.15, 0.2) is 29.2 Å². The Balaban J connectivity index is 2.84. The molecule has 0 saturated heterocycles. The zero-order valence-corrected chi connectivity index (χ0v) is 13.8. The van der Waals surface area contributed by atoms with E-state index in [2.05, 4.69) is 0 Å². The largest absolute Gasteiger partial charge is 0.390 e. The first-order chi connectivity index (χ1) is 9.81. The van der Waals surface area contributed by atoms with Gasteiger partial charge in [-0.2, -0.15) is 0 Å². The number of hydrogen-bond acceptors (Lipinski definition) is 4. The Morgan fingerprint density at radius 2 is 1.81 bits per heavy atom. The summed E-state index contributed by atoms with van der Waals surface area (Å²) in [5.74, 6) is 0.0568. The van der Waals surface area contributed by atoms with Gasteiger partial charge in [0.05, 0.1) is 22.9 Å². The van der Waals surface area contributed by atoms with Crippen molar-refractivity contribution < 1.29 is 18.6 Å². The molecule has 0 aliphatic carbocycles. The fraction of sp³-hybridized carbons (Fsp3) is 0.625. The van der Waals surface area contributed by atoms with Crippen LogP contribution in [0.3, 0.4) is 0 Å². The molecule has 3 atom stereocenters. The number of benzene rings is 1. The molecule has 0 amide bonds. The van der Waals surface area contributed by atoms with Crippen molar-refractivity contribution >= 4 is 9.84 Å². The molecule has 0 bridgehead atoms. The SMILES string of the molecule is CCCC(O)C(O)CC(C)c1cccc(S(=O)(=O)CC)c1. The van der Waals surface area contributed by atoms with Gasteiger partial charge in [-0.05, 0) is 36.5 Å². The highest BCUT2D eigenvalue weighted by molar-refractivity contribution is 7.91. The van der Waals surface area contributed by atoms with Crippen LogP contribution >= 0.6 is 0 Å². The van der Waals surface area contributed by atoms with E-state index < -0.39 is 22.0 Å². The lowest BCUT2D eigenvalue weighted by Crippen LogP contribution is -2.27. The molecule has 0 aliphatic rings. The smallest absolute Gasteiger partial charge is 0.178 e. The Kier molecular flexibility index (Phi) is 6.84. The van der Waals surface area contributed by atoms with Crippen molar-refractivity contribution in [2.24, 2.45) is 0 Å². The Hall–Kier alpha value is -0.910. The molecule has 0 saturated carbocycles. The number of aliphatic hydroxyl groups is 2. The van der Waals surface area contributed by atoms with Gasteiger partial charge >= 0.3 is 0 Å². The van der Waals surface area contributed by atoms with Gasteiger partial charge in [0.25, 0.3) is 0 Å². The molecule has 0 aliphatic heterocycles. The van der Waals surface area contributed by atoms with Crippen LogP contribution in [0.4, 0.5) is 0 Å². The minimum Gasteiger partial charge on any atom is -0.390 e. The predicted molar refractivity (Wildman–Crippen MR) is 84.1 cm³/mol. The molecule has 21 heavy (non-hydrogen) atoms. The van der Waals surface area contributed by atoms with Crippen molar-refractivity contribution in [2.75, 3.05) is 5.75 Å². The molecule has 1 aromatic rings. The second kappa shape index (κ2) is 7.92. The van der Waals surface area contributed by atoms with E-state index in [-0.39, 0.29) is 11.7 Å². The van der Waals surface area contributed by atoms with Gasteiger partial charge in [-0.25, -0.2) is 8.42 Å². The van der Waals surface area contributed by atoms with E-state index in [1.807, 2.05) is 19.9 Å². The Morgan fingerprint density at radius 1 is 1.14 bits per heavy atom. The lowest BCUT2D eigenvalue weighted by atomic mass is 9.92. The molecule has 5 heteroatoms. The van der Waals surface area contributed by atoms with Crippen molar-refractivity contribution in [1.29, 1.82) is 0 Å². The molecule has 2 N–H and O–H groups in total. The Labute approximate surface area is 127 Å². The van der Waals surface area contributed by atoms with E-state index in [0.717, 1.165) is 12.0 Å². The summed E-state index contributed by atoms with van der Waals surface area (Å²) in [7, 11) is -3.22. The minimum atomic E-state index is -3.22. The maximum Gasteiger partial charge on any atom is 0.178 e. The van der Waals surface area contributed by atoms with Crippen LogP contribution in [0.25, 0.3) is 0 Å². The molecule has 3 unspecified atom stereocenters. The van der Waals surface area contributed by atoms with Crippen molar-refractivity contribution in [3.63, 3.8) is 0 Å². The summed E-state index contributed by atoms with van der Waals surface area (Å²) in [6.45, 7) is 5.51. The summed E-state index contributed by atoms with van der Waals surface area (Å²) < 4.78 is 23.8. The number of aliphatic hydroxyl groups excluding tert-OH is 2. The van der Waals surface area contributed by atoms with E-state index >= 15 is 0 Å². The molecule has 120 valence electrons. The van der Waals surface area contributed by atoms with Crippen molar-refractivity contribution in [3.05, 3.63) is 29.8 Å². The van der Waals surface area contributed by atoms with Crippen LogP contribution in [0.1, 0.15) is 51.5 Å². The van der Waals surface area contributed by atoms with Gasteiger partial charge in [-0.3, -0.25) is 0 Å². The van der Waals surface area contributed by atoms with Crippen LogP contribution in [0.2, 0.25) is 0 Å². The zero-order chi connectivity index (χ0) is 16.0. The monoisotopic (exact) mass is 314 g/mol. The van der Waals surface area contributed by atoms with E-state index in [1.54, 1.807) is 25.1 Å². The third kappa shape index (κ3) is 5.09. The molecule has 0 spiro atoms. The molecule has 1 aromatic carbocycles. The average Bonchev–Trinajstić information content (AvgIpc) is 2.47. The van der Waals surface area contributed by atoms with Gasteiger partial charge in [0.15, 0.2) is 9.84 Å². The highest BCUT2D eigenvalue weighted by Crippen LogP contribution is 2.25. The summed E-state index contributed by atoms with van der Waals surface area (Å²) in [6, 6.07) is 6.85. The summed E-state index contributed by atoms with van der Waals surface area (Å²) in [5.41, 5.74) is 0.868. The van der Waals surface area contributed by atoms with Crippen molar-refractivity contribution in [1.82, 2.24) is 0 Å². The highest BCUT2D eigenvalue weighted by Gasteiger charge is 2.20. The fourth-order valence-corrected chi connectivity index (χ4v) is 3.26. The molecule has 4 nitrogen and oxygen atoms in total. The number of rotatable bonds is 8. The Morgan fingerprint density at radius 3 is 2.38 bits per heavy atom. The van der Waals surface area contributed by atoms with Gasteiger partial charge in [0.1, 0.15) is 0 Å². The molecular weight excluding hydrogens is 288 g/mol. The van der Waals surface area contributed by atoms with Crippen LogP contribution in [-0.4, -0.2) is 36.6 Å². The quantitative estimate of drug-likeness (QED) is 0.773. The van der Waals surface area contributed by atoms with Gasteiger partial charge in [0.2, 0.25) is 0 Å². The highest BCUT2D eigenvalue weighted by atomic mass is 32.2. The third-order valence-electron chi connectivity index (χ3n) is 3.79. The maximum atomic E-state index is 11.9. The van der Waals surface area contributed by atoms with Crippen LogP contribution in [0, 0.1) is 0 Å². The van der Waals surface area contributed by atoms with Gasteiger partial charge in [-0.1, -0.05) is 39.3 Å². The minimum absolute atomic E-state index is 0.0153. The summed E-state index contributed by atoms with van der Waals surface area (Å²) >= 11 is 0. The first-order valence-corrected chi connectivity index (χ1v) is 9.15. The van der Waals surface area contributed by atoms with Crippen molar-refractivity contribution in [3.8, 4) is 0 Å². The van der Waals surface area contributed by atoms with Gasteiger partial charge in [0, 0.05) is 0 Å². The lowest BCUT2D eigenvalue weighted by Gasteiger charge is -2.21. The first-order valence-electron chi connectivity index (χ1n) is 7.50. The van der Waals surface area contributed by atoms with Crippen LogP contribution in [-0.2, 0) is 9.84 Å². The van der Waals surface area contributed by atoms with Gasteiger partial charge < -0.3 is 10.2 Å². The molecule has 1 rings (SSSR count). The van der Waals surface area contributed by atoms with E-state index in [4.69, 9.17) is 0 Å². The third-order valence-corrected chi connectivity index (χ3v) is 5.52. The second-order valence-corrected chi connectivity index (χ2v) is 7.81. The molecule has 0 aromatic heterocycles. The average molecular weight is 314 g/mol. The molecular formula is C16H26O4S. The van der Waals surface area contributed by atoms with Crippen molar-refractivity contribution in [2.45, 2.75) is 63.1 Å². The number of hydrogen-bond donors (Lipinski definition) is 2. The predicted octanol–water partition coefficient (Wildman–Crippen LogP) is 2.50. The standard InChI is InChI=1S/C16H26O4S/c1-4-7-15(17)16(18)10-12(3)13-8-6-9-14(11-13)21(19,20)5-2/h6,8-9,11-12,15-18H,4-5,7,10H2,1-3H3. The summed E-state index contributed by atoms with van der Waals surface area (Å²) in [4.78, 5) is 0.318. The van der Waals surface area contributed by atoms with E-state index in [9.17, 15) is 18.6 Å². The summed E-state index contributed by atoms with van der Waals surface area (Å²) in [6.07, 6.45) is 0.289. The van der Waals surface area contributed by atoms with E-state index in [0.29, 0.717) is 17.7 Å². The topological polar surface area (TPSA) is 74.6 Å². The molecule has 0 heterocycles. The van der Waals surface area contributed by atoms with Gasteiger partial charge in [-0.15, -0.1) is 0 Å². The second-order valence-electron chi connectivity index (χ2n) is 5.54. The van der Waals surface area contributed by atoms with E-state index in [1.165, 1.54) is 0 Å². The zero-order valence-electron chi connectivity index (χ0n) is 13.0.